The van der Waals surface area contributed by atoms with Gasteiger partial charge in [0.1, 0.15) is 6.04 Å². The van der Waals surface area contributed by atoms with E-state index in [-0.39, 0.29) is 42.1 Å². The van der Waals surface area contributed by atoms with E-state index in [1.807, 2.05) is 30.3 Å². The maximum absolute atomic E-state index is 13.6. The van der Waals surface area contributed by atoms with Gasteiger partial charge in [-0.2, -0.15) is 5.21 Å². The summed E-state index contributed by atoms with van der Waals surface area (Å²) in [6.45, 7) is 2.29. The van der Waals surface area contributed by atoms with Crippen LogP contribution in [0.25, 0.3) is 22.5 Å². The van der Waals surface area contributed by atoms with E-state index in [9.17, 15) is 14.4 Å². The molecule has 12 nitrogen and oxygen atoms in total. The topological polar surface area (TPSA) is 180 Å². The molecule has 14 heteroatoms. The van der Waals surface area contributed by atoms with E-state index in [0.29, 0.717) is 41.0 Å². The van der Waals surface area contributed by atoms with Crippen molar-refractivity contribution in [3.63, 3.8) is 0 Å². The maximum atomic E-state index is 13.6. The molecule has 0 bridgehead atoms. The van der Waals surface area contributed by atoms with Crippen LogP contribution in [0.15, 0.2) is 66.7 Å². The largest absolute Gasteiger partial charge is 0.348 e. The molecule has 258 valence electrons. The molecule has 2 heterocycles. The number of carbonyl (C=O) groups is 3. The molecule has 6 rings (SSSR count). The number of tetrazole rings is 1. The summed E-state index contributed by atoms with van der Waals surface area (Å²) in [7, 11) is 0. The number of benzene rings is 3. The summed E-state index contributed by atoms with van der Waals surface area (Å²) >= 11 is 6.64. The van der Waals surface area contributed by atoms with Gasteiger partial charge in [0.25, 0.3) is 5.91 Å². The van der Waals surface area contributed by atoms with Gasteiger partial charge >= 0.3 is 0 Å². The summed E-state index contributed by atoms with van der Waals surface area (Å²) in [4.78, 5) is 39.7. The zero-order chi connectivity index (χ0) is 33.5. The first-order valence-electron chi connectivity index (χ1n) is 16.4. The minimum absolute atomic E-state index is 0. The molecular weight excluding hydrogens is 665 g/mol. The third kappa shape index (κ3) is 9.21. The molecule has 7 N–H and O–H groups in total. The van der Waals surface area contributed by atoms with Gasteiger partial charge in [0, 0.05) is 52.3 Å². The Bertz CT molecular complexity index is 1710. The van der Waals surface area contributed by atoms with Gasteiger partial charge in [-0.25, -0.2) is 0 Å². The smallest absolute Gasteiger partial charge is 0.251 e. The number of H-pyrrole nitrogens is 1. The second-order valence-corrected chi connectivity index (χ2v) is 13.0. The van der Waals surface area contributed by atoms with Crippen molar-refractivity contribution in [2.24, 2.45) is 17.6 Å². The van der Waals surface area contributed by atoms with Crippen molar-refractivity contribution in [1.29, 1.82) is 0 Å². The van der Waals surface area contributed by atoms with E-state index in [4.69, 9.17) is 17.3 Å². The van der Waals surface area contributed by atoms with E-state index in [0.717, 1.165) is 67.4 Å². The summed E-state index contributed by atoms with van der Waals surface area (Å²) in [5.41, 5.74) is 10.2. The average molecular weight is 707 g/mol. The third-order valence-electron chi connectivity index (χ3n) is 9.27. The fourth-order valence-electron chi connectivity index (χ4n) is 6.37. The van der Waals surface area contributed by atoms with Gasteiger partial charge in [0.2, 0.25) is 17.6 Å². The number of nitrogens with two attached hydrogens (primary N) is 1. The molecule has 0 radical (unpaired) electrons. The lowest BCUT2D eigenvalue weighted by Crippen LogP contribution is -2.48. The average Bonchev–Trinajstić information content (AvgIpc) is 3.84. The fraction of sp³-hybridized carbons (Fsp3) is 0.371. The van der Waals surface area contributed by atoms with Crippen molar-refractivity contribution in [3.05, 3.63) is 82.9 Å². The highest BCUT2D eigenvalue weighted by Gasteiger charge is 2.29. The molecule has 1 aromatic heterocycles. The highest BCUT2D eigenvalue weighted by molar-refractivity contribution is 6.33. The Morgan fingerprint density at radius 2 is 1.67 bits per heavy atom. The number of aromatic nitrogens is 4. The van der Waals surface area contributed by atoms with Crippen molar-refractivity contribution in [3.8, 4) is 22.5 Å². The quantitative estimate of drug-likeness (QED) is 0.135. The van der Waals surface area contributed by atoms with Crippen LogP contribution in [0.1, 0.15) is 48.0 Å². The minimum atomic E-state index is -0.802. The van der Waals surface area contributed by atoms with Crippen molar-refractivity contribution in [2.45, 2.75) is 50.6 Å². The van der Waals surface area contributed by atoms with Crippen molar-refractivity contribution in [2.75, 3.05) is 25.0 Å². The van der Waals surface area contributed by atoms with Crippen LogP contribution in [0.5, 0.6) is 0 Å². The Morgan fingerprint density at radius 1 is 0.939 bits per heavy atom. The Balaban J connectivity index is 0.00000468. The van der Waals surface area contributed by atoms with E-state index in [2.05, 4.69) is 41.9 Å². The van der Waals surface area contributed by atoms with Crippen LogP contribution >= 0.6 is 24.0 Å². The standard InChI is InChI=1S/C35H40ClN9O3.ClH/c36-30-18-26(34(47)40-28-15-16-38-20-28)11-14-29(30)23-5-1-21(2-6-23)17-31(41-33(46)25-7-3-22(19-37)4-8-25)35(48)39-27-12-9-24(10-13-27)32-42-44-45-43-32;/h1-2,5-6,9-14,18,22,25,28,31,38H,3-4,7-8,15-17,19-20,37H2,(H,39,48)(H,40,47)(H,41,46)(H,42,43,44,45);1H/t22?,25?,28-,31+;/m1./s1. The molecule has 2 fully saturated rings. The Morgan fingerprint density at radius 3 is 2.31 bits per heavy atom. The first kappa shape index (κ1) is 35.9. The Hall–Kier alpha value is -4.36. The number of hydrogen-bond donors (Lipinski definition) is 6. The van der Waals surface area contributed by atoms with Gasteiger partial charge < -0.3 is 27.0 Å². The van der Waals surface area contributed by atoms with E-state index >= 15 is 0 Å². The summed E-state index contributed by atoms with van der Waals surface area (Å²) in [6.07, 6.45) is 4.53. The second kappa shape index (κ2) is 16.8. The Kier molecular flexibility index (Phi) is 12.4. The number of amides is 3. The van der Waals surface area contributed by atoms with Gasteiger partial charge in [-0.15, -0.1) is 22.6 Å². The van der Waals surface area contributed by atoms with E-state index in [1.54, 1.807) is 36.4 Å². The number of halogens is 2. The summed E-state index contributed by atoms with van der Waals surface area (Å²) in [5.74, 6) is 0.162. The molecule has 4 aromatic rings. The van der Waals surface area contributed by atoms with E-state index < -0.39 is 6.04 Å². The van der Waals surface area contributed by atoms with Crippen LogP contribution in [0.3, 0.4) is 0 Å². The van der Waals surface area contributed by atoms with Gasteiger partial charge in [-0.1, -0.05) is 41.9 Å². The lowest BCUT2D eigenvalue weighted by atomic mass is 9.81. The highest BCUT2D eigenvalue weighted by Crippen LogP contribution is 2.30. The molecule has 2 aliphatic rings. The van der Waals surface area contributed by atoms with Gasteiger partial charge in [0.15, 0.2) is 0 Å². The summed E-state index contributed by atoms with van der Waals surface area (Å²) < 4.78 is 0. The molecule has 2 atom stereocenters. The fourth-order valence-corrected chi connectivity index (χ4v) is 6.66. The molecule has 0 spiro atoms. The molecule has 3 amide bonds. The lowest BCUT2D eigenvalue weighted by molar-refractivity contribution is -0.130. The van der Waals surface area contributed by atoms with E-state index in [1.165, 1.54) is 0 Å². The van der Waals surface area contributed by atoms with Crippen molar-refractivity contribution < 1.29 is 14.4 Å². The van der Waals surface area contributed by atoms with Gasteiger partial charge in [0.05, 0.1) is 0 Å². The molecule has 0 unspecified atom stereocenters. The number of carbonyl (C=O) groups excluding carboxylic acids is 3. The number of nitrogens with zero attached hydrogens (tertiary/aromatic N) is 3. The molecule has 1 saturated carbocycles. The normalized spacial score (nSPS) is 19.3. The predicted molar refractivity (Wildman–Crippen MR) is 191 cm³/mol. The van der Waals surface area contributed by atoms with Crippen LogP contribution in [0, 0.1) is 11.8 Å². The zero-order valence-electron chi connectivity index (χ0n) is 27.0. The van der Waals surface area contributed by atoms with Crippen LogP contribution in [0.2, 0.25) is 5.02 Å². The van der Waals surface area contributed by atoms with Crippen LogP contribution in [-0.4, -0.2) is 70.1 Å². The first-order valence-corrected chi connectivity index (χ1v) is 16.8. The number of aromatic amines is 1. The molecule has 3 aromatic carbocycles. The molecule has 49 heavy (non-hydrogen) atoms. The second-order valence-electron chi connectivity index (χ2n) is 12.6. The minimum Gasteiger partial charge on any atom is -0.348 e. The lowest BCUT2D eigenvalue weighted by Gasteiger charge is -2.28. The monoisotopic (exact) mass is 705 g/mol. The number of hydrogen-bond acceptors (Lipinski definition) is 8. The maximum Gasteiger partial charge on any atom is 0.251 e. The predicted octanol–water partition coefficient (Wildman–Crippen LogP) is 4.13. The number of rotatable bonds is 11. The SMILES string of the molecule is Cl.NCC1CCC(C(=O)N[C@@H](Cc2ccc(-c3ccc(C(=O)N[C@@H]4CCNC4)cc3Cl)cc2)C(=O)Nc2ccc(-c3nn[nH]n3)cc2)CC1. The van der Waals surface area contributed by atoms with Crippen LogP contribution in [-0.2, 0) is 16.0 Å². The van der Waals surface area contributed by atoms with Gasteiger partial charge in [-0.3, -0.25) is 14.4 Å². The summed E-state index contributed by atoms with van der Waals surface area (Å²) in [5, 5.41) is 26.7. The molecule has 1 saturated heterocycles. The van der Waals surface area contributed by atoms with Crippen molar-refractivity contribution >= 4 is 47.4 Å². The van der Waals surface area contributed by atoms with Crippen LogP contribution < -0.4 is 27.0 Å². The Labute approximate surface area is 296 Å². The van der Waals surface area contributed by atoms with Crippen molar-refractivity contribution in [1.82, 2.24) is 36.6 Å². The molecular formula is C35H41Cl2N9O3. The van der Waals surface area contributed by atoms with Crippen LogP contribution in [0.4, 0.5) is 5.69 Å². The number of nitrogens with one attached hydrogen (secondary N) is 5. The summed E-state index contributed by atoms with van der Waals surface area (Å²) in [6, 6.07) is 19.5. The molecule has 1 aliphatic carbocycles. The zero-order valence-corrected chi connectivity index (χ0v) is 28.5. The first-order chi connectivity index (χ1) is 23.4. The molecule has 1 aliphatic heterocycles. The van der Waals surface area contributed by atoms with Gasteiger partial charge in [-0.05, 0) is 104 Å². The number of anilines is 1. The third-order valence-corrected chi connectivity index (χ3v) is 9.58. The highest BCUT2D eigenvalue weighted by atomic mass is 35.5.